The minimum Gasteiger partial charge on any atom is -0.486 e. The second kappa shape index (κ2) is 16.4. The van der Waals surface area contributed by atoms with E-state index in [1.54, 1.807) is 6.20 Å². The smallest absolute Gasteiger partial charge is 0.216 e. The molecule has 2 aromatic carbocycles. The number of aryl methyl sites for hydroxylation is 1. The number of furan rings is 1. The normalized spacial score (nSPS) is 12.7. The van der Waals surface area contributed by atoms with Gasteiger partial charge in [0, 0.05) is 50.6 Å². The average Bonchev–Trinajstić information content (AvgIpc) is 3.73. The maximum absolute atomic E-state index is 6.29. The van der Waals surface area contributed by atoms with Gasteiger partial charge in [-0.3, -0.25) is 9.97 Å². The van der Waals surface area contributed by atoms with Crippen LogP contribution in [0, 0.1) is 17.5 Å². The summed E-state index contributed by atoms with van der Waals surface area (Å²) in [6.45, 7) is 28.3. The summed E-state index contributed by atoms with van der Waals surface area (Å²) in [5, 5.41) is 3.64. The fourth-order valence-electron chi connectivity index (χ4n) is 7.21. The van der Waals surface area contributed by atoms with Gasteiger partial charge in [-0.15, -0.1) is 53.6 Å². The molecule has 0 bridgehead atoms. The van der Waals surface area contributed by atoms with Crippen LogP contribution in [-0.4, -0.2) is 32.6 Å². The van der Waals surface area contributed by atoms with Crippen molar-refractivity contribution < 1.29 is 24.5 Å². The van der Waals surface area contributed by atoms with Crippen molar-refractivity contribution >= 4 is 46.4 Å². The molecular formula is C46H55IrN5OSi-2. The molecule has 0 N–H and O–H groups in total. The van der Waals surface area contributed by atoms with Crippen molar-refractivity contribution in [2.24, 2.45) is 5.41 Å². The van der Waals surface area contributed by atoms with E-state index in [1.165, 1.54) is 22.7 Å². The van der Waals surface area contributed by atoms with E-state index in [9.17, 15) is 0 Å². The van der Waals surface area contributed by atoms with Gasteiger partial charge in [0.05, 0.1) is 36.2 Å². The molecule has 5 aromatic heterocycles. The summed E-state index contributed by atoms with van der Waals surface area (Å²) in [5.41, 5.74) is 10.5. The van der Waals surface area contributed by atoms with Crippen LogP contribution in [0.2, 0.25) is 19.6 Å². The minimum absolute atomic E-state index is 0. The van der Waals surface area contributed by atoms with Crippen LogP contribution in [0.4, 0.5) is 0 Å². The second-order valence-corrected chi connectivity index (χ2v) is 21.6. The summed E-state index contributed by atoms with van der Waals surface area (Å²) in [6.07, 6.45) is 6.93. The Labute approximate surface area is 336 Å². The third kappa shape index (κ3) is 7.89. The standard InChI is InChI=1S/C25H25N4O.C21H30NSi.Ir/c1-6-29-22-19(11-13-26-21(22)15(4)5)28-24(29)18-10-9-16(14(2)3)20-17-8-7-12-27-25(17)30-23(18)20;1-8-21(3,4)16(2)18-14-19(17-12-10-9-11-13-17)22-15-20(18)23(5,6)7;/h7-9,11-15H,6H2,1-5H3;9-12,14-16H,8H2,1-7H3;/q2*-1;. The number of pyridine rings is 3. The van der Waals surface area contributed by atoms with Gasteiger partial charge in [-0.05, 0) is 53.3 Å². The van der Waals surface area contributed by atoms with E-state index in [0.29, 0.717) is 23.5 Å². The van der Waals surface area contributed by atoms with Gasteiger partial charge in [0.25, 0.3) is 0 Å². The van der Waals surface area contributed by atoms with E-state index in [1.807, 2.05) is 30.5 Å². The second-order valence-electron chi connectivity index (χ2n) is 16.6. The van der Waals surface area contributed by atoms with Crippen molar-refractivity contribution in [1.29, 1.82) is 0 Å². The molecule has 7 aromatic rings. The predicted molar refractivity (Wildman–Crippen MR) is 225 cm³/mol. The third-order valence-electron chi connectivity index (χ3n) is 11.0. The summed E-state index contributed by atoms with van der Waals surface area (Å²) in [5.74, 6) is 2.04. The number of benzene rings is 2. The molecule has 0 aliphatic carbocycles. The molecule has 0 saturated carbocycles. The molecule has 1 atom stereocenters. The van der Waals surface area contributed by atoms with E-state index >= 15 is 0 Å². The van der Waals surface area contributed by atoms with Crippen molar-refractivity contribution in [3.05, 3.63) is 102 Å². The van der Waals surface area contributed by atoms with Gasteiger partial charge in [0.2, 0.25) is 5.71 Å². The first-order valence-corrected chi connectivity index (χ1v) is 22.7. The molecule has 6 nitrogen and oxygen atoms in total. The molecule has 0 fully saturated rings. The summed E-state index contributed by atoms with van der Waals surface area (Å²) in [4.78, 5) is 18.9. The topological polar surface area (TPSA) is 69.6 Å². The summed E-state index contributed by atoms with van der Waals surface area (Å²) in [6, 6.07) is 25.3. The van der Waals surface area contributed by atoms with E-state index in [0.717, 1.165) is 62.3 Å². The van der Waals surface area contributed by atoms with Crippen molar-refractivity contribution in [3.8, 4) is 22.6 Å². The molecule has 1 unspecified atom stereocenters. The molecule has 0 spiro atoms. The fraction of sp³-hybridized carbons (Fsp3) is 0.391. The quantitative estimate of drug-likeness (QED) is 0.107. The van der Waals surface area contributed by atoms with Crippen molar-refractivity contribution in [1.82, 2.24) is 24.5 Å². The first-order valence-electron chi connectivity index (χ1n) is 19.2. The van der Waals surface area contributed by atoms with Gasteiger partial charge in [-0.2, -0.15) is 0 Å². The third-order valence-corrected chi connectivity index (χ3v) is 13.1. The summed E-state index contributed by atoms with van der Waals surface area (Å²) >= 11 is 0. The first-order chi connectivity index (χ1) is 25.2. The van der Waals surface area contributed by atoms with Crippen LogP contribution < -0.4 is 5.19 Å². The molecular weight excluding hydrogens is 859 g/mol. The Bertz CT molecular complexity index is 2370. The molecule has 0 saturated heterocycles. The molecule has 5 heterocycles. The maximum Gasteiger partial charge on any atom is 0.216 e. The Kier molecular flexibility index (Phi) is 12.5. The molecule has 7 rings (SSSR count). The van der Waals surface area contributed by atoms with Crippen molar-refractivity contribution in [2.75, 3.05) is 0 Å². The van der Waals surface area contributed by atoms with Crippen LogP contribution in [0.3, 0.4) is 0 Å². The Morgan fingerprint density at radius 1 is 0.870 bits per heavy atom. The van der Waals surface area contributed by atoms with Crippen LogP contribution in [0.5, 0.6) is 0 Å². The molecule has 285 valence electrons. The molecule has 1 radical (unpaired) electrons. The Hall–Kier alpha value is -3.97. The first kappa shape index (κ1) is 41.2. The number of nitrogens with zero attached hydrogens (tertiary/aromatic N) is 5. The van der Waals surface area contributed by atoms with Gasteiger partial charge in [0.1, 0.15) is 0 Å². The molecule has 0 aliphatic heterocycles. The summed E-state index contributed by atoms with van der Waals surface area (Å²) < 4.78 is 8.53. The molecule has 0 amide bonds. The van der Waals surface area contributed by atoms with Crippen LogP contribution in [0.25, 0.3) is 55.7 Å². The van der Waals surface area contributed by atoms with Crippen LogP contribution >= 0.6 is 0 Å². The number of hydrogen-bond donors (Lipinski definition) is 0. The predicted octanol–water partition coefficient (Wildman–Crippen LogP) is 12.1. The van der Waals surface area contributed by atoms with Crippen molar-refractivity contribution in [2.45, 2.75) is 113 Å². The number of rotatable bonds is 9. The van der Waals surface area contributed by atoms with Gasteiger partial charge in [-0.25, -0.2) is 4.98 Å². The van der Waals surface area contributed by atoms with E-state index in [4.69, 9.17) is 14.4 Å². The van der Waals surface area contributed by atoms with Gasteiger partial charge >= 0.3 is 0 Å². The zero-order valence-corrected chi connectivity index (χ0v) is 37.4. The zero-order chi connectivity index (χ0) is 38.2. The Balaban J connectivity index is 0.000000212. The fourth-order valence-corrected chi connectivity index (χ4v) is 8.82. The summed E-state index contributed by atoms with van der Waals surface area (Å²) in [7, 11) is -1.43. The minimum atomic E-state index is -1.43. The molecule has 0 aliphatic rings. The van der Waals surface area contributed by atoms with E-state index in [2.05, 4.69) is 145 Å². The largest absolute Gasteiger partial charge is 0.486 e. The molecule has 8 heteroatoms. The van der Waals surface area contributed by atoms with E-state index in [-0.39, 0.29) is 25.5 Å². The van der Waals surface area contributed by atoms with E-state index < -0.39 is 8.07 Å². The number of fused-ring (bicyclic) bond motifs is 4. The maximum atomic E-state index is 6.29. The SMILES string of the molecule is CCC(C)(C)C(C)c1cc(-c2[c-]cccc2)ncc1[Si](C)(C)C.CCn1c(-c2[c-]cc(C(C)C)c3c2oc2ncccc23)nc2ccnc(C(C)C)c21.[Ir]. The van der Waals surface area contributed by atoms with Gasteiger partial charge in [-0.1, -0.05) is 110 Å². The number of imidazole rings is 1. The molecule has 54 heavy (non-hydrogen) atoms. The monoisotopic (exact) mass is 914 g/mol. The van der Waals surface area contributed by atoms with Crippen LogP contribution in [-0.2, 0) is 26.7 Å². The van der Waals surface area contributed by atoms with Gasteiger partial charge in [0.15, 0.2) is 0 Å². The number of hydrogen-bond acceptors (Lipinski definition) is 5. The number of aromatic nitrogens is 5. The van der Waals surface area contributed by atoms with Crippen molar-refractivity contribution in [3.63, 3.8) is 0 Å². The van der Waals surface area contributed by atoms with Gasteiger partial charge < -0.3 is 14.0 Å². The zero-order valence-electron chi connectivity index (χ0n) is 34.1. The van der Waals surface area contributed by atoms with Crippen LogP contribution in [0.1, 0.15) is 103 Å². The average molecular weight is 914 g/mol. The Morgan fingerprint density at radius 3 is 2.26 bits per heavy atom. The Morgan fingerprint density at radius 2 is 1.63 bits per heavy atom. The van der Waals surface area contributed by atoms with Crippen LogP contribution in [0.15, 0.2) is 77.6 Å².